The van der Waals surface area contributed by atoms with Gasteiger partial charge in [0.05, 0.1) is 4.90 Å². The molecule has 3 rings (SSSR count). The van der Waals surface area contributed by atoms with Crippen LogP contribution in [-0.4, -0.2) is 30.8 Å². The van der Waals surface area contributed by atoms with Crippen molar-refractivity contribution in [2.45, 2.75) is 22.2 Å². The molecule has 9 nitrogen and oxygen atoms in total. The summed E-state index contributed by atoms with van der Waals surface area (Å²) in [5, 5.41) is 2.24. The number of hydrogen-bond donors (Lipinski definition) is 4. The zero-order chi connectivity index (χ0) is 22.4. The second-order valence-corrected chi connectivity index (χ2v) is 9.26. The predicted octanol–water partition coefficient (Wildman–Crippen LogP) is 2.12. The van der Waals surface area contributed by atoms with Gasteiger partial charge in [0.15, 0.2) is 5.16 Å². The lowest BCUT2D eigenvalue weighted by molar-refractivity contribution is -0.115. The first-order chi connectivity index (χ1) is 14.8. The summed E-state index contributed by atoms with van der Waals surface area (Å²) in [6, 6.07) is 16.0. The molecule has 0 aliphatic rings. The molecule has 162 valence electrons. The van der Waals surface area contributed by atoms with Gasteiger partial charge in [-0.05, 0) is 29.8 Å². The van der Waals surface area contributed by atoms with Crippen molar-refractivity contribution in [1.29, 1.82) is 0 Å². The number of carbonyl (C=O) groups is 1. The third-order valence-electron chi connectivity index (χ3n) is 4.08. The highest BCUT2D eigenvalue weighted by Gasteiger charge is 2.24. The molecular weight excluding hydrogens is 438 g/mol. The number of H-pyrrole nitrogens is 1. The Morgan fingerprint density at radius 3 is 2.45 bits per heavy atom. The van der Waals surface area contributed by atoms with Gasteiger partial charge in [-0.2, -0.15) is 0 Å². The topological polar surface area (TPSA) is 147 Å². The number of thioether (sulfide) groups is 1. The molecule has 0 aliphatic carbocycles. The summed E-state index contributed by atoms with van der Waals surface area (Å²) in [5.41, 5.74) is 6.35. The number of aromatic nitrogens is 2. The van der Waals surface area contributed by atoms with Crippen LogP contribution in [-0.2, 0) is 14.8 Å². The van der Waals surface area contributed by atoms with Crippen molar-refractivity contribution in [1.82, 2.24) is 14.7 Å². The number of benzene rings is 2. The highest BCUT2D eigenvalue weighted by atomic mass is 32.2. The van der Waals surface area contributed by atoms with E-state index in [0.717, 1.165) is 17.8 Å². The maximum atomic E-state index is 13.1. The fourth-order valence-electron chi connectivity index (χ4n) is 2.72. The van der Waals surface area contributed by atoms with Crippen LogP contribution in [0.1, 0.15) is 17.7 Å². The van der Waals surface area contributed by atoms with E-state index in [-0.39, 0.29) is 28.3 Å². The van der Waals surface area contributed by atoms with Crippen molar-refractivity contribution in [2.24, 2.45) is 0 Å². The van der Waals surface area contributed by atoms with Gasteiger partial charge in [-0.25, -0.2) is 18.1 Å². The van der Waals surface area contributed by atoms with Crippen molar-refractivity contribution in [3.8, 4) is 0 Å². The standard InChI is InChI=1S/C20H21N5O4S2/c1-2-22-31(28,29)15-10-8-14(9-11-15)23-19(27)18(13-6-4-3-5-7-13)30-20-24-16(21)12-17(26)25-20/h3-12,18,22H,2H2,1H3,(H,23,27)(H3,21,24,25,26)/t18-/m1/s1. The molecular formula is C20H21N5O4S2. The van der Waals surface area contributed by atoms with Gasteiger partial charge in [-0.1, -0.05) is 49.0 Å². The van der Waals surface area contributed by atoms with Gasteiger partial charge in [0.1, 0.15) is 11.1 Å². The number of hydrogen-bond acceptors (Lipinski definition) is 7. The summed E-state index contributed by atoms with van der Waals surface area (Å²) in [4.78, 5) is 31.5. The number of anilines is 2. The van der Waals surface area contributed by atoms with Gasteiger partial charge in [-0.15, -0.1) is 0 Å². The van der Waals surface area contributed by atoms with Crippen LogP contribution in [0.3, 0.4) is 0 Å². The number of aromatic amines is 1. The first-order valence-corrected chi connectivity index (χ1v) is 11.6. The molecule has 1 aromatic heterocycles. The van der Waals surface area contributed by atoms with Crippen LogP contribution >= 0.6 is 11.8 Å². The third kappa shape index (κ3) is 5.94. The molecule has 2 aromatic carbocycles. The number of nitrogens with two attached hydrogens (primary N) is 1. The minimum atomic E-state index is -3.58. The summed E-state index contributed by atoms with van der Waals surface area (Å²) in [6.07, 6.45) is 0. The molecule has 31 heavy (non-hydrogen) atoms. The normalized spacial score (nSPS) is 12.3. The molecule has 5 N–H and O–H groups in total. The second kappa shape index (κ2) is 9.77. The van der Waals surface area contributed by atoms with Crippen LogP contribution < -0.4 is 21.3 Å². The van der Waals surface area contributed by atoms with Gasteiger partial charge in [0.2, 0.25) is 15.9 Å². The van der Waals surface area contributed by atoms with Gasteiger partial charge in [-0.3, -0.25) is 9.59 Å². The zero-order valence-corrected chi connectivity index (χ0v) is 18.2. The molecule has 0 fully saturated rings. The number of nitrogens with one attached hydrogen (secondary N) is 3. The first kappa shape index (κ1) is 22.5. The Morgan fingerprint density at radius 1 is 1.16 bits per heavy atom. The fourth-order valence-corrected chi connectivity index (χ4v) is 4.76. The minimum Gasteiger partial charge on any atom is -0.383 e. The molecule has 3 aromatic rings. The Labute approximate surface area is 183 Å². The number of nitrogen functional groups attached to an aromatic ring is 1. The summed E-state index contributed by atoms with van der Waals surface area (Å²) >= 11 is 1.05. The van der Waals surface area contributed by atoms with Crippen LogP contribution in [0, 0.1) is 0 Å². The largest absolute Gasteiger partial charge is 0.383 e. The lowest BCUT2D eigenvalue weighted by atomic mass is 10.1. The molecule has 0 saturated carbocycles. The average Bonchev–Trinajstić information content (AvgIpc) is 2.72. The fraction of sp³-hybridized carbons (Fsp3) is 0.150. The molecule has 1 amide bonds. The quantitative estimate of drug-likeness (QED) is 0.298. The number of amides is 1. The number of carbonyl (C=O) groups excluding carboxylic acids is 1. The Kier molecular flexibility index (Phi) is 7.10. The molecule has 0 unspecified atom stereocenters. The lowest BCUT2D eigenvalue weighted by Crippen LogP contribution is -2.23. The van der Waals surface area contributed by atoms with Crippen LogP contribution in [0.25, 0.3) is 0 Å². The monoisotopic (exact) mass is 459 g/mol. The van der Waals surface area contributed by atoms with E-state index < -0.39 is 20.8 Å². The van der Waals surface area contributed by atoms with Gasteiger partial charge >= 0.3 is 0 Å². The lowest BCUT2D eigenvalue weighted by Gasteiger charge is -2.17. The van der Waals surface area contributed by atoms with E-state index in [0.29, 0.717) is 11.3 Å². The third-order valence-corrected chi connectivity index (χ3v) is 6.78. The van der Waals surface area contributed by atoms with Crippen LogP contribution in [0.5, 0.6) is 0 Å². The maximum absolute atomic E-state index is 13.1. The number of rotatable bonds is 8. The Morgan fingerprint density at radius 2 is 1.84 bits per heavy atom. The first-order valence-electron chi connectivity index (χ1n) is 9.27. The van der Waals surface area contributed by atoms with E-state index in [2.05, 4.69) is 20.0 Å². The molecule has 0 spiro atoms. The van der Waals surface area contributed by atoms with E-state index in [1.807, 2.05) is 6.07 Å². The molecule has 0 radical (unpaired) electrons. The zero-order valence-electron chi connectivity index (χ0n) is 16.5. The summed E-state index contributed by atoms with van der Waals surface area (Å²) < 4.78 is 26.5. The van der Waals surface area contributed by atoms with E-state index in [9.17, 15) is 18.0 Å². The van der Waals surface area contributed by atoms with Crippen LogP contribution in [0.15, 0.2) is 75.5 Å². The molecule has 0 aliphatic heterocycles. The summed E-state index contributed by atoms with van der Waals surface area (Å²) in [6.45, 7) is 1.97. The van der Waals surface area contributed by atoms with Crippen molar-refractivity contribution in [3.05, 3.63) is 76.6 Å². The predicted molar refractivity (Wildman–Crippen MR) is 120 cm³/mol. The highest BCUT2D eigenvalue weighted by Crippen LogP contribution is 2.34. The van der Waals surface area contributed by atoms with Crippen LogP contribution in [0.4, 0.5) is 11.5 Å². The second-order valence-electron chi connectivity index (χ2n) is 6.40. The number of nitrogens with zero attached hydrogens (tertiary/aromatic N) is 1. The maximum Gasteiger partial charge on any atom is 0.253 e. The smallest absolute Gasteiger partial charge is 0.253 e. The van der Waals surface area contributed by atoms with Crippen LogP contribution in [0.2, 0.25) is 0 Å². The van der Waals surface area contributed by atoms with E-state index in [1.54, 1.807) is 31.2 Å². The minimum absolute atomic E-state index is 0.0518. The van der Waals surface area contributed by atoms with Crippen molar-refractivity contribution < 1.29 is 13.2 Å². The molecule has 11 heteroatoms. The van der Waals surface area contributed by atoms with Gasteiger partial charge in [0.25, 0.3) is 5.56 Å². The molecule has 0 saturated heterocycles. The average molecular weight is 460 g/mol. The summed E-state index contributed by atoms with van der Waals surface area (Å²) in [5.74, 6) is -0.320. The molecule has 1 atom stereocenters. The van der Waals surface area contributed by atoms with Crippen molar-refractivity contribution in [2.75, 3.05) is 17.6 Å². The highest BCUT2D eigenvalue weighted by molar-refractivity contribution is 8.00. The number of sulfonamides is 1. The molecule has 1 heterocycles. The van der Waals surface area contributed by atoms with E-state index in [1.165, 1.54) is 24.3 Å². The Bertz CT molecular complexity index is 1210. The van der Waals surface area contributed by atoms with E-state index >= 15 is 0 Å². The SMILES string of the molecule is CCNS(=O)(=O)c1ccc(NC(=O)[C@H](Sc2nc(N)cc(=O)[nH]2)c2ccccc2)cc1. The Balaban J connectivity index is 1.84. The molecule has 0 bridgehead atoms. The van der Waals surface area contributed by atoms with Crippen molar-refractivity contribution in [3.63, 3.8) is 0 Å². The van der Waals surface area contributed by atoms with Gasteiger partial charge < -0.3 is 16.0 Å². The Hall–Kier alpha value is -3.15. The van der Waals surface area contributed by atoms with Crippen molar-refractivity contribution >= 4 is 39.2 Å². The summed E-state index contributed by atoms with van der Waals surface area (Å²) in [7, 11) is -3.58. The van der Waals surface area contributed by atoms with Gasteiger partial charge in [0, 0.05) is 18.3 Å². The van der Waals surface area contributed by atoms with E-state index in [4.69, 9.17) is 5.73 Å².